The van der Waals surface area contributed by atoms with E-state index in [4.69, 9.17) is 5.11 Å². The monoisotopic (exact) mass is 329 g/mol. The van der Waals surface area contributed by atoms with Gasteiger partial charge in [-0.25, -0.2) is 9.78 Å². The Balaban J connectivity index is 2.23. The molecule has 2 rings (SSSR count). The summed E-state index contributed by atoms with van der Waals surface area (Å²) in [7, 11) is 0. The highest BCUT2D eigenvalue weighted by molar-refractivity contribution is 9.10. The van der Waals surface area contributed by atoms with Crippen molar-refractivity contribution in [2.45, 2.75) is 16.2 Å². The number of aromatic carboxylic acids is 1. The maximum atomic E-state index is 10.8. The fourth-order valence-electron chi connectivity index (χ4n) is 1.21. The lowest BCUT2D eigenvalue weighted by Crippen LogP contribution is -1.96. The molecule has 0 aliphatic carbocycles. The van der Waals surface area contributed by atoms with Gasteiger partial charge in [-0.2, -0.15) is 0 Å². The van der Waals surface area contributed by atoms with Gasteiger partial charge < -0.3 is 5.11 Å². The standard InChI is InChI=1S/C11H8BrNO2S2/c1-6-5-16-11(13-6)17-7-2-3-8(10(14)15)9(12)4-7/h2-5H,1H3,(H,14,15). The molecule has 0 atom stereocenters. The van der Waals surface area contributed by atoms with E-state index in [1.54, 1.807) is 29.5 Å². The molecule has 1 N–H and O–H groups in total. The van der Waals surface area contributed by atoms with Crippen LogP contribution in [0.3, 0.4) is 0 Å². The first-order chi connectivity index (χ1) is 8.06. The Kier molecular flexibility index (Phi) is 3.86. The van der Waals surface area contributed by atoms with Crippen LogP contribution in [-0.2, 0) is 0 Å². The molecule has 6 heteroatoms. The minimum atomic E-state index is -0.932. The number of carboxylic acids is 1. The molecular weight excluding hydrogens is 322 g/mol. The second-order valence-electron chi connectivity index (χ2n) is 3.30. The van der Waals surface area contributed by atoms with Crippen molar-refractivity contribution in [2.75, 3.05) is 0 Å². The Labute approximate surface area is 115 Å². The predicted molar refractivity (Wildman–Crippen MR) is 72.1 cm³/mol. The molecule has 0 saturated carbocycles. The van der Waals surface area contributed by atoms with Crippen molar-refractivity contribution in [1.82, 2.24) is 4.98 Å². The van der Waals surface area contributed by atoms with Crippen molar-refractivity contribution < 1.29 is 9.90 Å². The summed E-state index contributed by atoms with van der Waals surface area (Å²) in [5.74, 6) is -0.932. The molecule has 0 unspecified atom stereocenters. The van der Waals surface area contributed by atoms with Gasteiger partial charge in [0.05, 0.1) is 5.56 Å². The Hall–Kier alpha value is -0.850. The van der Waals surface area contributed by atoms with Crippen LogP contribution in [0.4, 0.5) is 0 Å². The van der Waals surface area contributed by atoms with E-state index in [9.17, 15) is 4.79 Å². The third-order valence-corrected chi connectivity index (χ3v) is 4.68. The lowest BCUT2D eigenvalue weighted by molar-refractivity contribution is 0.0696. The van der Waals surface area contributed by atoms with Crippen LogP contribution in [0.25, 0.3) is 0 Å². The lowest BCUT2D eigenvalue weighted by Gasteiger charge is -2.02. The molecule has 17 heavy (non-hydrogen) atoms. The van der Waals surface area contributed by atoms with Crippen LogP contribution >= 0.6 is 39.0 Å². The van der Waals surface area contributed by atoms with E-state index in [1.807, 2.05) is 12.3 Å². The molecular formula is C11H8BrNO2S2. The van der Waals surface area contributed by atoms with E-state index in [0.29, 0.717) is 4.47 Å². The number of hydrogen-bond donors (Lipinski definition) is 1. The minimum absolute atomic E-state index is 0.268. The summed E-state index contributed by atoms with van der Waals surface area (Å²) in [4.78, 5) is 16.2. The SMILES string of the molecule is Cc1csc(Sc2ccc(C(=O)O)c(Br)c2)n1. The number of halogens is 1. The molecule has 0 aliphatic heterocycles. The molecule has 88 valence electrons. The summed E-state index contributed by atoms with van der Waals surface area (Å²) in [6, 6.07) is 5.18. The third kappa shape index (κ3) is 3.08. The van der Waals surface area contributed by atoms with Gasteiger partial charge in [0.15, 0.2) is 4.34 Å². The smallest absolute Gasteiger partial charge is 0.336 e. The Morgan fingerprint density at radius 3 is 2.82 bits per heavy atom. The Morgan fingerprint density at radius 2 is 2.29 bits per heavy atom. The van der Waals surface area contributed by atoms with Crippen molar-refractivity contribution in [3.8, 4) is 0 Å². The highest BCUT2D eigenvalue weighted by atomic mass is 79.9. The first-order valence-electron chi connectivity index (χ1n) is 4.69. The highest BCUT2D eigenvalue weighted by Gasteiger charge is 2.09. The largest absolute Gasteiger partial charge is 0.478 e. The first kappa shape index (κ1) is 12.6. The minimum Gasteiger partial charge on any atom is -0.478 e. The number of carboxylic acid groups (broad SMARTS) is 1. The highest BCUT2D eigenvalue weighted by Crippen LogP contribution is 2.32. The van der Waals surface area contributed by atoms with E-state index >= 15 is 0 Å². The maximum absolute atomic E-state index is 10.8. The topological polar surface area (TPSA) is 50.2 Å². The molecule has 3 nitrogen and oxygen atoms in total. The van der Waals surface area contributed by atoms with E-state index in [1.165, 1.54) is 11.8 Å². The van der Waals surface area contributed by atoms with Crippen LogP contribution in [0.2, 0.25) is 0 Å². The molecule has 0 amide bonds. The second-order valence-corrected chi connectivity index (χ2v) is 6.34. The van der Waals surface area contributed by atoms with Gasteiger partial charge in [-0.3, -0.25) is 0 Å². The van der Waals surface area contributed by atoms with Gasteiger partial charge in [-0.15, -0.1) is 11.3 Å². The van der Waals surface area contributed by atoms with Crippen molar-refractivity contribution in [1.29, 1.82) is 0 Å². The van der Waals surface area contributed by atoms with Crippen molar-refractivity contribution >= 4 is 45.0 Å². The number of rotatable bonds is 3. The molecule has 1 aromatic heterocycles. The van der Waals surface area contributed by atoms with Gasteiger partial charge in [-0.05, 0) is 41.1 Å². The molecule has 0 saturated heterocycles. The van der Waals surface area contributed by atoms with Crippen LogP contribution in [0.1, 0.15) is 16.1 Å². The number of hydrogen-bond acceptors (Lipinski definition) is 4. The van der Waals surface area contributed by atoms with Crippen LogP contribution in [-0.4, -0.2) is 16.1 Å². The van der Waals surface area contributed by atoms with Gasteiger partial charge in [0, 0.05) is 20.4 Å². The molecule has 0 aliphatic rings. The van der Waals surface area contributed by atoms with Crippen molar-refractivity contribution in [2.24, 2.45) is 0 Å². The van der Waals surface area contributed by atoms with Crippen LogP contribution in [0.5, 0.6) is 0 Å². The number of nitrogens with zero attached hydrogens (tertiary/aromatic N) is 1. The molecule has 1 heterocycles. The zero-order valence-electron chi connectivity index (χ0n) is 8.81. The summed E-state index contributed by atoms with van der Waals surface area (Å²) in [6.07, 6.45) is 0. The van der Waals surface area contributed by atoms with Gasteiger partial charge >= 0.3 is 5.97 Å². The van der Waals surface area contributed by atoms with Crippen molar-refractivity contribution in [3.05, 3.63) is 39.3 Å². The van der Waals surface area contributed by atoms with Gasteiger partial charge in [0.2, 0.25) is 0 Å². The summed E-state index contributed by atoms with van der Waals surface area (Å²) in [6.45, 7) is 1.95. The lowest BCUT2D eigenvalue weighted by atomic mass is 10.2. The third-order valence-electron chi connectivity index (χ3n) is 1.97. The molecule has 0 spiro atoms. The fraction of sp³-hybridized carbons (Fsp3) is 0.0909. The van der Waals surface area contributed by atoms with Crippen LogP contribution in [0, 0.1) is 6.92 Å². The normalized spacial score (nSPS) is 10.5. The van der Waals surface area contributed by atoms with Crippen LogP contribution in [0.15, 0.2) is 37.3 Å². The molecule has 0 radical (unpaired) electrons. The Morgan fingerprint density at radius 1 is 1.53 bits per heavy atom. The average molecular weight is 330 g/mol. The summed E-state index contributed by atoms with van der Waals surface area (Å²) in [5, 5.41) is 10.9. The maximum Gasteiger partial charge on any atom is 0.336 e. The van der Waals surface area contributed by atoms with Gasteiger partial charge in [0.25, 0.3) is 0 Å². The zero-order valence-corrected chi connectivity index (χ0v) is 12.0. The number of benzene rings is 1. The first-order valence-corrected chi connectivity index (χ1v) is 7.18. The van der Waals surface area contributed by atoms with Crippen molar-refractivity contribution in [3.63, 3.8) is 0 Å². The van der Waals surface area contributed by atoms with E-state index in [0.717, 1.165) is 14.9 Å². The number of carbonyl (C=O) groups is 1. The number of aryl methyl sites for hydroxylation is 1. The van der Waals surface area contributed by atoms with Crippen LogP contribution < -0.4 is 0 Å². The van der Waals surface area contributed by atoms with E-state index < -0.39 is 5.97 Å². The number of aromatic nitrogens is 1. The predicted octanol–water partition coefficient (Wildman–Crippen LogP) is 4.06. The van der Waals surface area contributed by atoms with E-state index in [2.05, 4.69) is 20.9 Å². The molecule has 2 aromatic rings. The Bertz CT molecular complexity index is 568. The quantitative estimate of drug-likeness (QED) is 0.922. The molecule has 1 aromatic carbocycles. The van der Waals surface area contributed by atoms with Gasteiger partial charge in [-0.1, -0.05) is 11.8 Å². The second kappa shape index (κ2) is 5.20. The zero-order chi connectivity index (χ0) is 12.4. The summed E-state index contributed by atoms with van der Waals surface area (Å²) in [5.41, 5.74) is 1.27. The fourth-order valence-corrected chi connectivity index (χ4v) is 3.76. The van der Waals surface area contributed by atoms with E-state index in [-0.39, 0.29) is 5.56 Å². The number of thiazole rings is 1. The summed E-state index contributed by atoms with van der Waals surface area (Å²) >= 11 is 6.36. The molecule has 0 fully saturated rings. The summed E-state index contributed by atoms with van der Waals surface area (Å²) < 4.78 is 1.54. The van der Waals surface area contributed by atoms with Gasteiger partial charge in [0.1, 0.15) is 0 Å². The average Bonchev–Trinajstić information content (AvgIpc) is 2.63. The molecule has 0 bridgehead atoms.